The van der Waals surface area contributed by atoms with E-state index in [1.807, 2.05) is 6.20 Å². The predicted molar refractivity (Wildman–Crippen MR) is 90.3 cm³/mol. The molecule has 0 fully saturated rings. The highest BCUT2D eigenvalue weighted by Gasteiger charge is 2.12. The van der Waals surface area contributed by atoms with Crippen LogP contribution in [0.1, 0.15) is 23.9 Å². The molecule has 0 aliphatic rings. The molecule has 1 unspecified atom stereocenters. The molecule has 0 aliphatic heterocycles. The van der Waals surface area contributed by atoms with E-state index in [2.05, 4.69) is 62.8 Å². The second-order valence-electron chi connectivity index (χ2n) is 5.03. The van der Waals surface area contributed by atoms with Crippen molar-refractivity contribution in [2.24, 2.45) is 5.92 Å². The van der Waals surface area contributed by atoms with Gasteiger partial charge in [0.25, 0.3) is 0 Å². The van der Waals surface area contributed by atoms with Gasteiger partial charge in [0.2, 0.25) is 0 Å². The number of hydrogen-bond donors (Lipinski definition) is 1. The summed E-state index contributed by atoms with van der Waals surface area (Å²) in [6.45, 7) is 4.36. The third kappa shape index (κ3) is 5.35. The molecule has 0 saturated carbocycles. The number of nitrogens with zero attached hydrogens (tertiary/aromatic N) is 1. The molecule has 1 aromatic carbocycles. The fraction of sp³-hybridized carbons (Fsp3) is 0.438. The van der Waals surface area contributed by atoms with Crippen molar-refractivity contribution in [3.8, 4) is 0 Å². The molecule has 1 aromatic heterocycles. The van der Waals surface area contributed by atoms with Crippen molar-refractivity contribution in [1.29, 1.82) is 0 Å². The molecule has 108 valence electrons. The molecule has 0 amide bonds. The van der Waals surface area contributed by atoms with Gasteiger partial charge in [-0.05, 0) is 49.5 Å². The van der Waals surface area contributed by atoms with Crippen molar-refractivity contribution >= 4 is 27.3 Å². The van der Waals surface area contributed by atoms with Crippen LogP contribution in [0.4, 0.5) is 0 Å². The van der Waals surface area contributed by atoms with Gasteiger partial charge >= 0.3 is 0 Å². The normalized spacial score (nSPS) is 12.5. The van der Waals surface area contributed by atoms with E-state index in [4.69, 9.17) is 0 Å². The molecule has 0 bridgehead atoms. The Bertz CT molecular complexity index is 482. The molecular weight excluding hydrogens is 332 g/mol. The summed E-state index contributed by atoms with van der Waals surface area (Å²) in [6.07, 6.45) is 5.24. The third-order valence-electron chi connectivity index (χ3n) is 3.24. The number of aromatic nitrogens is 1. The topological polar surface area (TPSA) is 24.9 Å². The highest BCUT2D eigenvalue weighted by Crippen LogP contribution is 2.18. The van der Waals surface area contributed by atoms with Gasteiger partial charge in [0.1, 0.15) is 0 Å². The molecule has 1 heterocycles. The first-order valence-electron chi connectivity index (χ1n) is 7.11. The number of rotatable bonds is 8. The maximum absolute atomic E-state index is 4.42. The molecule has 1 atom stereocenters. The van der Waals surface area contributed by atoms with Crippen molar-refractivity contribution in [1.82, 2.24) is 10.3 Å². The first-order valence-corrected chi connectivity index (χ1v) is 8.78. The Kier molecular flexibility index (Phi) is 6.70. The summed E-state index contributed by atoms with van der Waals surface area (Å²) < 4.78 is 1.14. The number of nitrogens with one attached hydrogen (secondary N) is 1. The van der Waals surface area contributed by atoms with Crippen LogP contribution in [0.15, 0.2) is 40.3 Å². The second-order valence-corrected chi connectivity index (χ2v) is 6.93. The van der Waals surface area contributed by atoms with E-state index in [0.717, 1.165) is 30.4 Å². The van der Waals surface area contributed by atoms with Crippen LogP contribution in [-0.2, 0) is 12.8 Å². The Morgan fingerprint density at radius 2 is 2.05 bits per heavy atom. The average molecular weight is 353 g/mol. The van der Waals surface area contributed by atoms with E-state index < -0.39 is 0 Å². The van der Waals surface area contributed by atoms with E-state index in [0.29, 0.717) is 5.92 Å². The summed E-state index contributed by atoms with van der Waals surface area (Å²) >= 11 is 5.25. The van der Waals surface area contributed by atoms with E-state index in [-0.39, 0.29) is 0 Å². The number of benzene rings is 1. The fourth-order valence-corrected chi connectivity index (χ4v) is 3.25. The van der Waals surface area contributed by atoms with Crippen LogP contribution in [-0.4, -0.2) is 18.1 Å². The molecule has 0 spiro atoms. The van der Waals surface area contributed by atoms with Gasteiger partial charge in [0.05, 0.1) is 5.01 Å². The Morgan fingerprint density at radius 3 is 2.70 bits per heavy atom. The van der Waals surface area contributed by atoms with Gasteiger partial charge in [-0.3, -0.25) is 0 Å². The lowest BCUT2D eigenvalue weighted by molar-refractivity contribution is 0.470. The molecule has 20 heavy (non-hydrogen) atoms. The summed E-state index contributed by atoms with van der Waals surface area (Å²) in [4.78, 5) is 4.42. The fourth-order valence-electron chi connectivity index (χ4n) is 2.25. The SMILES string of the molecule is CCCNCC(Cc1ccc(Br)cc1)Cc1nccs1. The standard InChI is InChI=1S/C16H21BrN2S/c1-2-7-18-12-14(11-16-19-8-9-20-16)10-13-3-5-15(17)6-4-13/h3-6,8-9,14,18H,2,7,10-12H2,1H3. The van der Waals surface area contributed by atoms with Crippen molar-refractivity contribution in [2.45, 2.75) is 26.2 Å². The summed E-state index contributed by atoms with van der Waals surface area (Å²) in [6, 6.07) is 8.65. The summed E-state index contributed by atoms with van der Waals surface area (Å²) in [5.74, 6) is 0.605. The van der Waals surface area contributed by atoms with Gasteiger partial charge in [-0.2, -0.15) is 0 Å². The predicted octanol–water partition coefficient (Wildman–Crippen LogP) is 4.31. The number of thiazole rings is 1. The van der Waals surface area contributed by atoms with Gasteiger partial charge < -0.3 is 5.32 Å². The highest BCUT2D eigenvalue weighted by molar-refractivity contribution is 9.10. The van der Waals surface area contributed by atoms with Gasteiger partial charge in [-0.15, -0.1) is 11.3 Å². The molecule has 0 aliphatic carbocycles. The molecule has 2 aromatic rings. The van der Waals surface area contributed by atoms with Gasteiger partial charge in [-0.25, -0.2) is 4.98 Å². The van der Waals surface area contributed by atoms with Crippen molar-refractivity contribution < 1.29 is 0 Å². The quantitative estimate of drug-likeness (QED) is 0.716. The van der Waals surface area contributed by atoms with E-state index >= 15 is 0 Å². The Hall–Kier alpha value is -0.710. The van der Waals surface area contributed by atoms with Crippen LogP contribution in [0.25, 0.3) is 0 Å². The van der Waals surface area contributed by atoms with Crippen LogP contribution in [0.3, 0.4) is 0 Å². The molecule has 0 saturated heterocycles. The lowest BCUT2D eigenvalue weighted by Gasteiger charge is -2.16. The lowest BCUT2D eigenvalue weighted by Crippen LogP contribution is -2.26. The van der Waals surface area contributed by atoms with Crippen molar-refractivity contribution in [3.63, 3.8) is 0 Å². The minimum Gasteiger partial charge on any atom is -0.316 e. The van der Waals surface area contributed by atoms with E-state index in [9.17, 15) is 0 Å². The van der Waals surface area contributed by atoms with Gasteiger partial charge in [-0.1, -0.05) is 35.0 Å². The average Bonchev–Trinajstić information content (AvgIpc) is 2.94. The van der Waals surface area contributed by atoms with E-state index in [1.165, 1.54) is 17.0 Å². The third-order valence-corrected chi connectivity index (χ3v) is 4.57. The Balaban J connectivity index is 1.95. The van der Waals surface area contributed by atoms with Crippen LogP contribution >= 0.6 is 27.3 Å². The smallest absolute Gasteiger partial charge is 0.0928 e. The van der Waals surface area contributed by atoms with Crippen molar-refractivity contribution in [2.75, 3.05) is 13.1 Å². The molecule has 2 rings (SSSR count). The van der Waals surface area contributed by atoms with Crippen LogP contribution in [0.2, 0.25) is 0 Å². The molecule has 0 radical (unpaired) electrons. The molecule has 4 heteroatoms. The van der Waals surface area contributed by atoms with Gasteiger partial charge in [0, 0.05) is 22.5 Å². The van der Waals surface area contributed by atoms with Crippen LogP contribution < -0.4 is 5.32 Å². The summed E-state index contributed by atoms with van der Waals surface area (Å²) in [5.41, 5.74) is 1.40. The van der Waals surface area contributed by atoms with Crippen LogP contribution in [0, 0.1) is 5.92 Å². The zero-order valence-electron chi connectivity index (χ0n) is 11.8. The lowest BCUT2D eigenvalue weighted by atomic mass is 9.96. The zero-order chi connectivity index (χ0) is 14.2. The molecule has 1 N–H and O–H groups in total. The minimum atomic E-state index is 0.605. The van der Waals surface area contributed by atoms with Crippen LogP contribution in [0.5, 0.6) is 0 Å². The molecular formula is C16H21BrN2S. The van der Waals surface area contributed by atoms with E-state index in [1.54, 1.807) is 11.3 Å². The Morgan fingerprint density at radius 1 is 1.25 bits per heavy atom. The first-order chi connectivity index (χ1) is 9.78. The Labute approximate surface area is 133 Å². The largest absolute Gasteiger partial charge is 0.316 e. The van der Waals surface area contributed by atoms with Crippen molar-refractivity contribution in [3.05, 3.63) is 50.9 Å². The maximum atomic E-state index is 4.42. The second kappa shape index (κ2) is 8.55. The summed E-state index contributed by atoms with van der Waals surface area (Å²) in [7, 11) is 0. The maximum Gasteiger partial charge on any atom is 0.0928 e. The highest BCUT2D eigenvalue weighted by atomic mass is 79.9. The number of halogens is 1. The molecule has 2 nitrogen and oxygen atoms in total. The minimum absolute atomic E-state index is 0.605. The summed E-state index contributed by atoms with van der Waals surface area (Å²) in [5, 5.41) is 6.85. The zero-order valence-corrected chi connectivity index (χ0v) is 14.2. The monoisotopic (exact) mass is 352 g/mol. The number of hydrogen-bond acceptors (Lipinski definition) is 3. The van der Waals surface area contributed by atoms with Gasteiger partial charge in [0.15, 0.2) is 0 Å². The first kappa shape index (κ1) is 15.7.